The minimum Gasteiger partial charge on any atom is -0.493 e. The highest BCUT2D eigenvalue weighted by molar-refractivity contribution is 5.86. The van der Waals surface area contributed by atoms with Crippen molar-refractivity contribution in [2.75, 3.05) is 57.8 Å². The average Bonchev–Trinajstić information content (AvgIpc) is 3.22. The zero-order valence-corrected chi connectivity index (χ0v) is 16.0. The van der Waals surface area contributed by atoms with Crippen LogP contribution in [0.3, 0.4) is 0 Å². The maximum atomic E-state index is 5.43. The molecule has 2 aromatic heterocycles. The number of ether oxygens (including phenoxy) is 4. The van der Waals surface area contributed by atoms with Crippen LogP contribution in [0.5, 0.6) is 17.2 Å². The van der Waals surface area contributed by atoms with Gasteiger partial charge in [-0.15, -0.1) is 0 Å². The van der Waals surface area contributed by atoms with Crippen molar-refractivity contribution in [3.05, 3.63) is 18.5 Å². The summed E-state index contributed by atoms with van der Waals surface area (Å²) in [6.07, 6.45) is 1.60. The van der Waals surface area contributed by atoms with Crippen molar-refractivity contribution in [2.24, 2.45) is 0 Å². The van der Waals surface area contributed by atoms with E-state index in [0.29, 0.717) is 53.4 Å². The fourth-order valence-electron chi connectivity index (χ4n) is 3.11. The lowest BCUT2D eigenvalue weighted by molar-refractivity contribution is 0.122. The number of hydrogen-bond donors (Lipinski definition) is 2. The third-order valence-electron chi connectivity index (χ3n) is 4.50. The monoisotopic (exact) mass is 386 g/mol. The summed E-state index contributed by atoms with van der Waals surface area (Å²) in [5.41, 5.74) is 2.04. The third-order valence-corrected chi connectivity index (χ3v) is 4.50. The number of nitrogens with zero attached hydrogens (tertiary/aromatic N) is 4. The van der Waals surface area contributed by atoms with Gasteiger partial charge in [0, 0.05) is 30.9 Å². The van der Waals surface area contributed by atoms with Crippen LogP contribution < -0.4 is 24.4 Å². The Morgan fingerprint density at radius 2 is 1.75 bits per heavy atom. The number of rotatable bonds is 6. The Morgan fingerprint density at radius 1 is 1.04 bits per heavy atom. The highest BCUT2D eigenvalue weighted by Crippen LogP contribution is 2.40. The van der Waals surface area contributed by atoms with Gasteiger partial charge in [-0.25, -0.2) is 4.98 Å². The standard InChI is InChI=1S/C18H22N6O4/c1-25-12-8-11(9-13(26-2)15(12)27-3)21-17-14-16(20-10-19-14)22-18(23-17)24-4-6-28-7-5-24/h8-10H,4-7H2,1-3H3,(H2,19,20,21,22,23). The predicted octanol–water partition coefficient (Wildman–Crippen LogP) is 1.96. The van der Waals surface area contributed by atoms with Gasteiger partial charge >= 0.3 is 0 Å². The van der Waals surface area contributed by atoms with Gasteiger partial charge in [-0.3, -0.25) is 0 Å². The quantitative estimate of drug-likeness (QED) is 0.657. The molecule has 0 bridgehead atoms. The molecule has 1 aliphatic rings. The lowest BCUT2D eigenvalue weighted by Crippen LogP contribution is -2.37. The van der Waals surface area contributed by atoms with Gasteiger partial charge in [0.05, 0.1) is 40.9 Å². The number of imidazole rings is 1. The van der Waals surface area contributed by atoms with Crippen LogP contribution in [0.2, 0.25) is 0 Å². The summed E-state index contributed by atoms with van der Waals surface area (Å²) in [6, 6.07) is 3.64. The maximum absolute atomic E-state index is 5.43. The van der Waals surface area contributed by atoms with Gasteiger partial charge in [0.1, 0.15) is 5.52 Å². The number of H-pyrrole nitrogens is 1. The summed E-state index contributed by atoms with van der Waals surface area (Å²) >= 11 is 0. The van der Waals surface area contributed by atoms with Gasteiger partial charge in [-0.1, -0.05) is 0 Å². The molecule has 4 rings (SSSR count). The van der Waals surface area contributed by atoms with Crippen LogP contribution in [0.25, 0.3) is 11.2 Å². The number of aromatic amines is 1. The van der Waals surface area contributed by atoms with E-state index in [-0.39, 0.29) is 0 Å². The van der Waals surface area contributed by atoms with Gasteiger partial charge < -0.3 is 34.1 Å². The second-order valence-corrected chi connectivity index (χ2v) is 6.11. The Bertz CT molecular complexity index is 945. The number of methoxy groups -OCH3 is 3. The molecule has 0 spiro atoms. The molecule has 2 N–H and O–H groups in total. The van der Waals surface area contributed by atoms with E-state index in [1.807, 2.05) is 12.1 Å². The molecule has 0 atom stereocenters. The molecular weight excluding hydrogens is 364 g/mol. The largest absolute Gasteiger partial charge is 0.493 e. The number of aromatic nitrogens is 4. The average molecular weight is 386 g/mol. The number of anilines is 3. The Balaban J connectivity index is 1.74. The van der Waals surface area contributed by atoms with Crippen LogP contribution in [0, 0.1) is 0 Å². The molecule has 1 fully saturated rings. The topological polar surface area (TPSA) is 107 Å². The smallest absolute Gasteiger partial charge is 0.229 e. The molecule has 0 unspecified atom stereocenters. The van der Waals surface area contributed by atoms with Crippen LogP contribution in [-0.2, 0) is 4.74 Å². The molecule has 0 saturated carbocycles. The Labute approximate surface area is 161 Å². The molecule has 3 heterocycles. The SMILES string of the molecule is COc1cc(Nc2nc(N3CCOCC3)nc3nc[nH]c23)cc(OC)c1OC. The van der Waals surface area contributed by atoms with Crippen molar-refractivity contribution in [1.29, 1.82) is 0 Å². The van der Waals surface area contributed by atoms with E-state index in [1.54, 1.807) is 27.7 Å². The van der Waals surface area contributed by atoms with Crippen molar-refractivity contribution >= 4 is 28.6 Å². The summed E-state index contributed by atoms with van der Waals surface area (Å²) < 4.78 is 21.7. The van der Waals surface area contributed by atoms with Crippen molar-refractivity contribution in [1.82, 2.24) is 19.9 Å². The minimum absolute atomic E-state index is 0.527. The zero-order valence-electron chi connectivity index (χ0n) is 16.0. The minimum atomic E-state index is 0.527. The number of benzene rings is 1. The summed E-state index contributed by atoms with van der Waals surface area (Å²) in [7, 11) is 4.73. The summed E-state index contributed by atoms with van der Waals surface area (Å²) in [5.74, 6) is 2.84. The molecule has 10 nitrogen and oxygen atoms in total. The Hall–Kier alpha value is -3.27. The molecule has 1 aliphatic heterocycles. The summed E-state index contributed by atoms with van der Waals surface area (Å²) in [4.78, 5) is 18.7. The van der Waals surface area contributed by atoms with Crippen LogP contribution in [0.1, 0.15) is 0 Å². The number of morpholine rings is 1. The molecule has 0 aliphatic carbocycles. The van der Waals surface area contributed by atoms with Crippen LogP contribution in [0.4, 0.5) is 17.5 Å². The van der Waals surface area contributed by atoms with Gasteiger partial charge in [-0.05, 0) is 0 Å². The summed E-state index contributed by atoms with van der Waals surface area (Å²) in [5, 5.41) is 3.32. The lowest BCUT2D eigenvalue weighted by Gasteiger charge is -2.27. The molecule has 0 amide bonds. The van der Waals surface area contributed by atoms with Crippen LogP contribution in [-0.4, -0.2) is 67.6 Å². The molecule has 3 aromatic rings. The highest BCUT2D eigenvalue weighted by atomic mass is 16.5. The maximum Gasteiger partial charge on any atom is 0.229 e. The second-order valence-electron chi connectivity index (χ2n) is 6.11. The Kier molecular flexibility index (Phi) is 5.02. The van der Waals surface area contributed by atoms with E-state index >= 15 is 0 Å². The zero-order chi connectivity index (χ0) is 19.5. The molecule has 1 aromatic carbocycles. The first kappa shape index (κ1) is 18.1. The van der Waals surface area contributed by atoms with Gasteiger partial charge in [0.2, 0.25) is 11.7 Å². The van der Waals surface area contributed by atoms with Crippen LogP contribution >= 0.6 is 0 Å². The van der Waals surface area contributed by atoms with E-state index in [1.165, 1.54) is 0 Å². The first-order valence-electron chi connectivity index (χ1n) is 8.84. The predicted molar refractivity (Wildman–Crippen MR) is 104 cm³/mol. The van der Waals surface area contributed by atoms with E-state index in [0.717, 1.165) is 18.8 Å². The van der Waals surface area contributed by atoms with Crippen LogP contribution in [0.15, 0.2) is 18.5 Å². The van der Waals surface area contributed by atoms with Gasteiger partial charge in [-0.2, -0.15) is 9.97 Å². The van der Waals surface area contributed by atoms with E-state index in [4.69, 9.17) is 23.9 Å². The van der Waals surface area contributed by atoms with E-state index in [2.05, 4.69) is 25.2 Å². The number of hydrogen-bond acceptors (Lipinski definition) is 9. The van der Waals surface area contributed by atoms with E-state index < -0.39 is 0 Å². The van der Waals surface area contributed by atoms with Crippen molar-refractivity contribution < 1.29 is 18.9 Å². The highest BCUT2D eigenvalue weighted by Gasteiger charge is 2.19. The fraction of sp³-hybridized carbons (Fsp3) is 0.389. The fourth-order valence-corrected chi connectivity index (χ4v) is 3.11. The lowest BCUT2D eigenvalue weighted by atomic mass is 10.2. The molecule has 148 valence electrons. The molecule has 10 heteroatoms. The number of fused-ring (bicyclic) bond motifs is 1. The molecule has 1 saturated heterocycles. The second kappa shape index (κ2) is 7.77. The molecular formula is C18H22N6O4. The third kappa shape index (κ3) is 3.33. The van der Waals surface area contributed by atoms with Gasteiger partial charge in [0.15, 0.2) is 23.0 Å². The first-order chi connectivity index (χ1) is 13.7. The van der Waals surface area contributed by atoms with Crippen molar-refractivity contribution in [3.63, 3.8) is 0 Å². The summed E-state index contributed by atoms with van der Waals surface area (Å²) in [6.45, 7) is 2.77. The normalized spacial score (nSPS) is 14.2. The number of nitrogens with one attached hydrogen (secondary N) is 2. The molecule has 28 heavy (non-hydrogen) atoms. The van der Waals surface area contributed by atoms with E-state index in [9.17, 15) is 0 Å². The van der Waals surface area contributed by atoms with Gasteiger partial charge in [0.25, 0.3) is 0 Å². The van der Waals surface area contributed by atoms with Crippen molar-refractivity contribution in [3.8, 4) is 17.2 Å². The van der Waals surface area contributed by atoms with Crippen molar-refractivity contribution in [2.45, 2.75) is 0 Å². The first-order valence-corrected chi connectivity index (χ1v) is 8.84. The Morgan fingerprint density at radius 3 is 2.39 bits per heavy atom. The molecule has 0 radical (unpaired) electrons.